The number of halogens is 1. The van der Waals surface area contributed by atoms with Crippen molar-refractivity contribution in [3.05, 3.63) is 47.0 Å². The van der Waals surface area contributed by atoms with Gasteiger partial charge < -0.3 is 15.4 Å². The Morgan fingerprint density at radius 3 is 2.79 bits per heavy atom. The summed E-state index contributed by atoms with van der Waals surface area (Å²) in [6.45, 7) is 8.25. The summed E-state index contributed by atoms with van der Waals surface area (Å²) in [5, 5.41) is 9.83. The van der Waals surface area contributed by atoms with E-state index in [-0.39, 0.29) is 17.6 Å². The number of nitrogens with zero attached hydrogens (tertiary/aromatic N) is 2. The van der Waals surface area contributed by atoms with Crippen molar-refractivity contribution in [3.8, 4) is 0 Å². The SMILES string of the molecule is Cc1ccc(NC(=O)c2cnn3c2CC(CNC(=O)OC(C)(C)C)CC3)cc1F. The van der Waals surface area contributed by atoms with Crippen LogP contribution in [-0.2, 0) is 17.7 Å². The monoisotopic (exact) mass is 402 g/mol. The Bertz CT molecular complexity index is 917. The second-order valence-electron chi connectivity index (χ2n) is 8.39. The third kappa shape index (κ3) is 5.34. The maximum atomic E-state index is 13.7. The summed E-state index contributed by atoms with van der Waals surface area (Å²) in [6.07, 6.45) is 2.55. The Kier molecular flexibility index (Phi) is 5.91. The van der Waals surface area contributed by atoms with Crippen molar-refractivity contribution in [1.82, 2.24) is 15.1 Å². The van der Waals surface area contributed by atoms with Gasteiger partial charge in [-0.25, -0.2) is 9.18 Å². The van der Waals surface area contributed by atoms with Crippen molar-refractivity contribution in [2.75, 3.05) is 11.9 Å². The Balaban J connectivity index is 1.63. The first kappa shape index (κ1) is 20.8. The summed E-state index contributed by atoms with van der Waals surface area (Å²) < 4.78 is 20.8. The van der Waals surface area contributed by atoms with Crippen molar-refractivity contribution in [3.63, 3.8) is 0 Å². The fraction of sp³-hybridized carbons (Fsp3) is 0.476. The summed E-state index contributed by atoms with van der Waals surface area (Å²) >= 11 is 0. The zero-order valence-corrected chi connectivity index (χ0v) is 17.2. The molecule has 2 aromatic rings. The van der Waals surface area contributed by atoms with Crippen LogP contribution in [0.4, 0.5) is 14.9 Å². The van der Waals surface area contributed by atoms with Gasteiger partial charge in [-0.3, -0.25) is 9.48 Å². The van der Waals surface area contributed by atoms with E-state index in [0.717, 1.165) is 12.1 Å². The first-order chi connectivity index (χ1) is 13.6. The van der Waals surface area contributed by atoms with Crippen LogP contribution in [0.1, 0.15) is 48.8 Å². The van der Waals surface area contributed by atoms with Gasteiger partial charge in [-0.05, 0) is 64.2 Å². The van der Waals surface area contributed by atoms with Crippen molar-refractivity contribution in [1.29, 1.82) is 0 Å². The van der Waals surface area contributed by atoms with E-state index in [4.69, 9.17) is 4.74 Å². The molecule has 1 aliphatic heterocycles. The minimum absolute atomic E-state index is 0.176. The van der Waals surface area contributed by atoms with Crippen molar-refractivity contribution in [2.24, 2.45) is 5.92 Å². The number of rotatable bonds is 4. The Morgan fingerprint density at radius 1 is 1.34 bits per heavy atom. The number of benzene rings is 1. The number of nitrogens with one attached hydrogen (secondary N) is 2. The normalized spacial score (nSPS) is 16.1. The highest BCUT2D eigenvalue weighted by Crippen LogP contribution is 2.24. The third-order valence-electron chi connectivity index (χ3n) is 4.79. The van der Waals surface area contributed by atoms with Gasteiger partial charge in [0.05, 0.1) is 17.5 Å². The molecule has 1 aromatic carbocycles. The summed E-state index contributed by atoms with van der Waals surface area (Å²) in [5.74, 6) is -0.515. The van der Waals surface area contributed by atoms with Crippen LogP contribution in [0, 0.1) is 18.7 Å². The van der Waals surface area contributed by atoms with Gasteiger partial charge in [0.15, 0.2) is 0 Å². The zero-order chi connectivity index (χ0) is 21.2. The molecule has 29 heavy (non-hydrogen) atoms. The van der Waals surface area contributed by atoms with Gasteiger partial charge in [-0.15, -0.1) is 0 Å². The molecule has 0 bridgehead atoms. The molecule has 0 saturated heterocycles. The van der Waals surface area contributed by atoms with Gasteiger partial charge >= 0.3 is 6.09 Å². The maximum absolute atomic E-state index is 13.7. The average molecular weight is 402 g/mol. The number of aryl methyl sites for hydroxylation is 2. The van der Waals surface area contributed by atoms with Gasteiger partial charge in [0.1, 0.15) is 11.4 Å². The molecule has 1 aliphatic rings. The summed E-state index contributed by atoms with van der Waals surface area (Å²) in [7, 11) is 0. The molecule has 7 nitrogen and oxygen atoms in total. The molecule has 2 N–H and O–H groups in total. The van der Waals surface area contributed by atoms with E-state index >= 15 is 0 Å². The number of aromatic nitrogens is 2. The second-order valence-corrected chi connectivity index (χ2v) is 8.39. The molecule has 0 spiro atoms. The molecule has 0 aliphatic carbocycles. The standard InChI is InChI=1S/C21H27FN4O3/c1-13-5-6-15(10-17(13)22)25-19(27)16-12-24-26-8-7-14(9-18(16)26)11-23-20(28)29-21(2,3)4/h5-6,10,12,14H,7-9,11H2,1-4H3,(H,23,28)(H,25,27). The van der Waals surface area contributed by atoms with Crippen LogP contribution in [0.2, 0.25) is 0 Å². The highest BCUT2D eigenvalue weighted by atomic mass is 19.1. The van der Waals surface area contributed by atoms with E-state index in [9.17, 15) is 14.0 Å². The number of alkyl carbamates (subject to hydrolysis) is 1. The van der Waals surface area contributed by atoms with Gasteiger partial charge in [0.25, 0.3) is 5.91 Å². The number of carbonyl (C=O) groups excluding carboxylic acids is 2. The third-order valence-corrected chi connectivity index (χ3v) is 4.79. The van der Waals surface area contributed by atoms with E-state index in [2.05, 4.69) is 15.7 Å². The molecule has 1 atom stereocenters. The molecule has 3 rings (SSSR count). The number of fused-ring (bicyclic) bond motifs is 1. The van der Waals surface area contributed by atoms with Crippen molar-refractivity contribution >= 4 is 17.7 Å². The molecule has 1 aromatic heterocycles. The van der Waals surface area contributed by atoms with Crippen LogP contribution in [0.15, 0.2) is 24.4 Å². The van der Waals surface area contributed by atoms with E-state index in [0.29, 0.717) is 36.3 Å². The molecule has 0 radical (unpaired) electrons. The smallest absolute Gasteiger partial charge is 0.407 e. The lowest BCUT2D eigenvalue weighted by molar-refractivity contribution is 0.0516. The summed E-state index contributed by atoms with van der Waals surface area (Å²) in [5.41, 5.74) is 1.66. The van der Waals surface area contributed by atoms with Crippen molar-refractivity contribution in [2.45, 2.75) is 52.7 Å². The van der Waals surface area contributed by atoms with Gasteiger partial charge in [0.2, 0.25) is 0 Å². The molecule has 8 heteroatoms. The Labute approximate surface area is 169 Å². The van der Waals surface area contributed by atoms with Crippen LogP contribution < -0.4 is 10.6 Å². The minimum Gasteiger partial charge on any atom is -0.444 e. The number of hydrogen-bond donors (Lipinski definition) is 2. The minimum atomic E-state index is -0.546. The molecule has 0 fully saturated rings. The van der Waals surface area contributed by atoms with Crippen LogP contribution in [0.3, 0.4) is 0 Å². The molecule has 0 saturated carbocycles. The van der Waals surface area contributed by atoms with E-state index in [1.807, 2.05) is 25.5 Å². The molecular weight excluding hydrogens is 375 g/mol. The van der Waals surface area contributed by atoms with Crippen LogP contribution in [0.25, 0.3) is 0 Å². The molecular formula is C21H27FN4O3. The number of ether oxygens (including phenoxy) is 1. The Hall–Kier alpha value is -2.90. The van der Waals surface area contributed by atoms with E-state index < -0.39 is 11.7 Å². The lowest BCUT2D eigenvalue weighted by Crippen LogP contribution is -2.37. The number of hydrogen-bond acceptors (Lipinski definition) is 4. The molecule has 2 heterocycles. The Morgan fingerprint density at radius 2 is 2.10 bits per heavy atom. The largest absolute Gasteiger partial charge is 0.444 e. The fourth-order valence-electron chi connectivity index (χ4n) is 3.27. The topological polar surface area (TPSA) is 85.3 Å². The van der Waals surface area contributed by atoms with Crippen LogP contribution in [-0.4, -0.2) is 33.9 Å². The van der Waals surface area contributed by atoms with Gasteiger partial charge in [0, 0.05) is 18.8 Å². The van der Waals surface area contributed by atoms with Crippen LogP contribution in [0.5, 0.6) is 0 Å². The number of carbonyl (C=O) groups is 2. The molecule has 156 valence electrons. The lowest BCUT2D eigenvalue weighted by atomic mass is 9.94. The van der Waals surface area contributed by atoms with Gasteiger partial charge in [-0.1, -0.05) is 6.07 Å². The predicted octanol–water partition coefficient (Wildman–Crippen LogP) is 3.67. The number of anilines is 1. The summed E-state index contributed by atoms with van der Waals surface area (Å²) in [4.78, 5) is 24.6. The average Bonchev–Trinajstić information content (AvgIpc) is 3.05. The first-order valence-electron chi connectivity index (χ1n) is 9.71. The first-order valence-corrected chi connectivity index (χ1v) is 9.71. The van der Waals surface area contributed by atoms with Crippen LogP contribution >= 0.6 is 0 Å². The fourth-order valence-corrected chi connectivity index (χ4v) is 3.27. The second kappa shape index (κ2) is 8.23. The maximum Gasteiger partial charge on any atom is 0.407 e. The highest BCUT2D eigenvalue weighted by molar-refractivity contribution is 6.05. The number of amides is 2. The van der Waals surface area contributed by atoms with Gasteiger partial charge in [-0.2, -0.15) is 5.10 Å². The molecule has 2 amide bonds. The van der Waals surface area contributed by atoms with E-state index in [1.54, 1.807) is 25.3 Å². The highest BCUT2D eigenvalue weighted by Gasteiger charge is 2.26. The molecule has 1 unspecified atom stereocenters. The summed E-state index contributed by atoms with van der Waals surface area (Å²) in [6, 6.07) is 4.59. The predicted molar refractivity (Wildman–Crippen MR) is 107 cm³/mol. The van der Waals surface area contributed by atoms with E-state index in [1.165, 1.54) is 6.07 Å². The lowest BCUT2D eigenvalue weighted by Gasteiger charge is -2.25. The van der Waals surface area contributed by atoms with Crippen molar-refractivity contribution < 1.29 is 18.7 Å². The zero-order valence-electron chi connectivity index (χ0n) is 17.2. The quantitative estimate of drug-likeness (QED) is 0.817.